The van der Waals surface area contributed by atoms with Gasteiger partial charge in [-0.3, -0.25) is 9.59 Å². The topological polar surface area (TPSA) is 97.5 Å². The zero-order valence-electron chi connectivity index (χ0n) is 20.8. The minimum atomic E-state index is -0.333. The van der Waals surface area contributed by atoms with Crippen LogP contribution in [0.5, 0.6) is 5.75 Å². The largest absolute Gasteiger partial charge is 0.487 e. The normalized spacial score (nSPS) is 10.8. The third-order valence-electron chi connectivity index (χ3n) is 5.78. The molecule has 0 unspecified atom stereocenters. The van der Waals surface area contributed by atoms with Gasteiger partial charge in [0, 0.05) is 39.3 Å². The fourth-order valence-electron chi connectivity index (χ4n) is 3.65. The minimum absolute atomic E-state index is 0.0847. The number of carbonyl (C=O) groups excluding carboxylic acids is 2. The summed E-state index contributed by atoms with van der Waals surface area (Å²) in [6, 6.07) is 20.2. The Morgan fingerprint density at radius 1 is 1.05 bits per heavy atom. The maximum absolute atomic E-state index is 12.8. The first kappa shape index (κ1) is 27.6. The van der Waals surface area contributed by atoms with Crippen LogP contribution in [0.4, 0.5) is 11.4 Å². The molecule has 2 amide bonds. The SMILES string of the molecule is Cc1ccc2cccc(OCc3c(Cl)ccc(N(C)C(=O)CNC(=O)CSc4ccc(N)cc4)c3Cl)c2n1. The maximum Gasteiger partial charge on any atom is 0.246 e. The summed E-state index contributed by atoms with van der Waals surface area (Å²) in [4.78, 5) is 32.0. The number of nitrogen functional groups attached to an aromatic ring is 1. The molecule has 0 aliphatic heterocycles. The fourth-order valence-corrected chi connectivity index (χ4v) is 4.99. The van der Waals surface area contributed by atoms with Gasteiger partial charge >= 0.3 is 0 Å². The van der Waals surface area contributed by atoms with E-state index in [1.807, 2.05) is 49.4 Å². The highest BCUT2D eigenvalue weighted by atomic mass is 35.5. The third kappa shape index (κ3) is 6.69. The molecule has 0 aliphatic rings. The molecule has 38 heavy (non-hydrogen) atoms. The number of ether oxygens (including phenoxy) is 1. The molecule has 1 heterocycles. The predicted molar refractivity (Wildman–Crippen MR) is 155 cm³/mol. The fraction of sp³-hybridized carbons (Fsp3) is 0.179. The van der Waals surface area contributed by atoms with E-state index in [0.717, 1.165) is 21.5 Å². The molecule has 3 aromatic carbocycles. The number of aryl methyl sites for hydroxylation is 1. The first-order valence-electron chi connectivity index (χ1n) is 11.7. The van der Waals surface area contributed by atoms with Gasteiger partial charge in [0.25, 0.3) is 0 Å². The summed E-state index contributed by atoms with van der Waals surface area (Å²) in [5.41, 5.74) is 8.95. The van der Waals surface area contributed by atoms with E-state index in [-0.39, 0.29) is 30.7 Å². The van der Waals surface area contributed by atoms with Gasteiger partial charge < -0.3 is 20.7 Å². The first-order chi connectivity index (χ1) is 18.2. The number of nitrogens with two attached hydrogens (primary N) is 1. The Balaban J connectivity index is 1.39. The Morgan fingerprint density at radius 2 is 1.82 bits per heavy atom. The molecule has 0 fully saturated rings. The number of hydrogen-bond donors (Lipinski definition) is 2. The number of fused-ring (bicyclic) bond motifs is 1. The number of halogens is 2. The van der Waals surface area contributed by atoms with Crippen LogP contribution in [-0.2, 0) is 16.2 Å². The van der Waals surface area contributed by atoms with Crippen molar-refractivity contribution in [2.24, 2.45) is 0 Å². The van der Waals surface area contributed by atoms with Crippen LogP contribution in [-0.4, -0.2) is 36.1 Å². The van der Waals surface area contributed by atoms with Crippen LogP contribution in [0.25, 0.3) is 10.9 Å². The van der Waals surface area contributed by atoms with Gasteiger partial charge in [0.15, 0.2) is 0 Å². The van der Waals surface area contributed by atoms with E-state index in [1.165, 1.54) is 16.7 Å². The van der Waals surface area contributed by atoms with Crippen LogP contribution in [0.3, 0.4) is 0 Å². The zero-order valence-corrected chi connectivity index (χ0v) is 23.2. The Hall–Kier alpha value is -3.46. The lowest BCUT2D eigenvalue weighted by Gasteiger charge is -2.21. The molecule has 1 aromatic heterocycles. The van der Waals surface area contributed by atoms with Crippen LogP contribution in [0, 0.1) is 6.92 Å². The number of benzene rings is 3. The standard InChI is InChI=1S/C28H26Cl2N4O3S/c1-17-6-7-18-4-3-5-24(28(18)33-17)37-15-21-22(29)12-13-23(27(21)30)34(2)26(36)14-32-25(35)16-38-20-10-8-19(31)9-11-20/h3-13H,14-16,31H2,1-2H3,(H,32,35). The molecule has 0 radical (unpaired) electrons. The number of nitrogens with one attached hydrogen (secondary N) is 1. The molecule has 0 aliphatic carbocycles. The van der Waals surface area contributed by atoms with Gasteiger partial charge in [-0.25, -0.2) is 4.98 Å². The Bertz CT molecular complexity index is 1480. The number of anilines is 2. The van der Waals surface area contributed by atoms with Gasteiger partial charge in [-0.15, -0.1) is 11.8 Å². The van der Waals surface area contributed by atoms with Crippen LogP contribution in [0.15, 0.2) is 71.6 Å². The number of nitrogens with zero attached hydrogens (tertiary/aromatic N) is 2. The summed E-state index contributed by atoms with van der Waals surface area (Å²) in [5.74, 6) is 0.185. The first-order valence-corrected chi connectivity index (χ1v) is 13.4. The molecule has 0 bridgehead atoms. The van der Waals surface area contributed by atoms with E-state index in [2.05, 4.69) is 10.3 Å². The Morgan fingerprint density at radius 3 is 2.58 bits per heavy atom. The van der Waals surface area contributed by atoms with Gasteiger partial charge in [-0.05, 0) is 55.5 Å². The lowest BCUT2D eigenvalue weighted by Crippen LogP contribution is -2.39. The van der Waals surface area contributed by atoms with Crippen molar-refractivity contribution < 1.29 is 14.3 Å². The summed E-state index contributed by atoms with van der Waals surface area (Å²) >= 11 is 14.5. The van der Waals surface area contributed by atoms with E-state index in [9.17, 15) is 9.59 Å². The number of thioether (sulfide) groups is 1. The van der Waals surface area contributed by atoms with Gasteiger partial charge in [0.1, 0.15) is 17.9 Å². The van der Waals surface area contributed by atoms with E-state index < -0.39 is 0 Å². The van der Waals surface area contributed by atoms with E-state index in [4.69, 9.17) is 33.7 Å². The number of para-hydroxylation sites is 1. The summed E-state index contributed by atoms with van der Waals surface area (Å²) < 4.78 is 6.06. The lowest BCUT2D eigenvalue weighted by molar-refractivity contribution is -0.123. The monoisotopic (exact) mass is 568 g/mol. The van der Waals surface area contributed by atoms with Crippen molar-refractivity contribution in [3.63, 3.8) is 0 Å². The molecule has 0 saturated carbocycles. The maximum atomic E-state index is 12.8. The summed E-state index contributed by atoms with van der Waals surface area (Å²) in [6.45, 7) is 1.83. The minimum Gasteiger partial charge on any atom is -0.487 e. The number of hydrogen-bond acceptors (Lipinski definition) is 6. The van der Waals surface area contributed by atoms with Crippen LogP contribution in [0.2, 0.25) is 10.0 Å². The molecule has 0 saturated heterocycles. The van der Waals surface area contributed by atoms with Crippen molar-refractivity contribution in [2.45, 2.75) is 18.4 Å². The zero-order chi connectivity index (χ0) is 27.2. The van der Waals surface area contributed by atoms with Crippen molar-refractivity contribution >= 4 is 69.1 Å². The number of pyridine rings is 1. The van der Waals surface area contributed by atoms with Crippen molar-refractivity contribution in [2.75, 3.05) is 30.0 Å². The van der Waals surface area contributed by atoms with Crippen molar-refractivity contribution in [1.82, 2.24) is 10.3 Å². The predicted octanol–water partition coefficient (Wildman–Crippen LogP) is 5.88. The molecule has 10 heteroatoms. The molecule has 4 aromatic rings. The van der Waals surface area contributed by atoms with Crippen molar-refractivity contribution in [1.29, 1.82) is 0 Å². The quantitative estimate of drug-likeness (QED) is 0.193. The molecule has 7 nitrogen and oxygen atoms in total. The number of aromatic nitrogens is 1. The highest BCUT2D eigenvalue weighted by Gasteiger charge is 2.19. The Kier molecular flexibility index (Phi) is 8.99. The van der Waals surface area contributed by atoms with Crippen molar-refractivity contribution in [3.8, 4) is 5.75 Å². The number of carbonyl (C=O) groups is 2. The van der Waals surface area contributed by atoms with Gasteiger partial charge in [0.05, 0.1) is 23.0 Å². The molecular weight excluding hydrogens is 543 g/mol. The van der Waals surface area contributed by atoms with Crippen molar-refractivity contribution in [3.05, 3.63) is 88.0 Å². The van der Waals surface area contributed by atoms with E-state index >= 15 is 0 Å². The second kappa shape index (κ2) is 12.4. The average Bonchev–Trinajstić information content (AvgIpc) is 2.91. The smallest absolute Gasteiger partial charge is 0.246 e. The molecule has 3 N–H and O–H groups in total. The molecule has 0 spiro atoms. The molecule has 0 atom stereocenters. The highest BCUT2D eigenvalue weighted by molar-refractivity contribution is 8.00. The molecule has 196 valence electrons. The summed E-state index contributed by atoms with van der Waals surface area (Å²) in [6.07, 6.45) is 0. The van der Waals surface area contributed by atoms with E-state index in [0.29, 0.717) is 32.7 Å². The van der Waals surface area contributed by atoms with Crippen LogP contribution < -0.4 is 20.7 Å². The van der Waals surface area contributed by atoms with E-state index in [1.54, 1.807) is 31.3 Å². The number of rotatable bonds is 9. The van der Waals surface area contributed by atoms with Gasteiger partial charge in [-0.1, -0.05) is 41.4 Å². The second-order valence-corrected chi connectivity index (χ2v) is 10.3. The Labute approximate surface area is 235 Å². The van der Waals surface area contributed by atoms with Crippen LogP contribution >= 0.6 is 35.0 Å². The third-order valence-corrected chi connectivity index (χ3v) is 7.57. The lowest BCUT2D eigenvalue weighted by atomic mass is 10.1. The summed E-state index contributed by atoms with van der Waals surface area (Å²) in [7, 11) is 1.59. The highest BCUT2D eigenvalue weighted by Crippen LogP contribution is 2.35. The number of amides is 2. The average molecular weight is 570 g/mol. The summed E-state index contributed by atoms with van der Waals surface area (Å²) in [5, 5.41) is 4.32. The molecule has 4 rings (SSSR count). The second-order valence-electron chi connectivity index (χ2n) is 8.52. The molecular formula is C28H26Cl2N4O3S. The number of likely N-dealkylation sites (N-methyl/N-ethyl adjacent to an activating group) is 1. The van der Waals surface area contributed by atoms with Gasteiger partial charge in [-0.2, -0.15) is 0 Å². The van der Waals surface area contributed by atoms with Crippen LogP contribution in [0.1, 0.15) is 11.3 Å². The van der Waals surface area contributed by atoms with Gasteiger partial charge in [0.2, 0.25) is 11.8 Å².